The molecule has 0 aromatic heterocycles. The molecule has 0 amide bonds. The molecule has 0 saturated carbocycles. The number of hydrogen-bond donors (Lipinski definition) is 1. The van der Waals surface area contributed by atoms with E-state index in [1.54, 1.807) is 0 Å². The van der Waals surface area contributed by atoms with E-state index >= 15 is 0 Å². The van der Waals surface area contributed by atoms with Crippen molar-refractivity contribution in [2.75, 3.05) is 13.2 Å². The average molecular weight is 297 g/mol. The number of alkyl halides is 3. The predicted molar refractivity (Wildman–Crippen MR) is 77.0 cm³/mol. The number of halogens is 3. The standard InChI is InChI=1S/C16H18F3NO/c17-16(18,19)8-3-9-21-11-15(20)14-7-6-12-4-1-2-5-13(12)10-14/h1-2,4-7,10,15H,3,8-9,11,20H2. The molecule has 0 saturated heterocycles. The molecule has 0 spiro atoms. The van der Waals surface area contributed by atoms with Gasteiger partial charge in [0.15, 0.2) is 0 Å². The number of ether oxygens (including phenoxy) is 1. The average Bonchev–Trinajstić information content (AvgIpc) is 2.45. The SMILES string of the molecule is NC(COCCCC(F)(F)F)c1ccc2ccccc2c1. The number of fused-ring (bicyclic) bond motifs is 1. The molecule has 2 rings (SSSR count). The molecule has 2 aromatic rings. The number of benzene rings is 2. The van der Waals surface area contributed by atoms with Crippen molar-refractivity contribution in [3.05, 3.63) is 48.0 Å². The van der Waals surface area contributed by atoms with Crippen LogP contribution in [0.5, 0.6) is 0 Å². The summed E-state index contributed by atoms with van der Waals surface area (Å²) in [5, 5.41) is 2.21. The highest BCUT2D eigenvalue weighted by molar-refractivity contribution is 5.83. The summed E-state index contributed by atoms with van der Waals surface area (Å²) in [4.78, 5) is 0. The second kappa shape index (κ2) is 6.91. The van der Waals surface area contributed by atoms with Crippen molar-refractivity contribution in [1.82, 2.24) is 0 Å². The molecule has 0 radical (unpaired) electrons. The zero-order chi connectivity index (χ0) is 15.3. The lowest BCUT2D eigenvalue weighted by Gasteiger charge is -2.14. The van der Waals surface area contributed by atoms with Gasteiger partial charge in [-0.3, -0.25) is 0 Å². The van der Waals surface area contributed by atoms with Gasteiger partial charge < -0.3 is 10.5 Å². The van der Waals surface area contributed by atoms with E-state index in [0.717, 1.165) is 16.3 Å². The molecule has 0 fully saturated rings. The summed E-state index contributed by atoms with van der Waals surface area (Å²) in [5.41, 5.74) is 6.93. The largest absolute Gasteiger partial charge is 0.389 e. The van der Waals surface area contributed by atoms with Crippen molar-refractivity contribution < 1.29 is 17.9 Å². The third-order valence-corrected chi connectivity index (χ3v) is 3.25. The third-order valence-electron chi connectivity index (χ3n) is 3.25. The second-order valence-electron chi connectivity index (χ2n) is 5.01. The maximum absolute atomic E-state index is 12.0. The van der Waals surface area contributed by atoms with Gasteiger partial charge in [-0.2, -0.15) is 13.2 Å². The molecule has 0 bridgehead atoms. The van der Waals surface area contributed by atoms with Crippen LogP contribution in [0.15, 0.2) is 42.5 Å². The van der Waals surface area contributed by atoms with E-state index in [2.05, 4.69) is 0 Å². The van der Waals surface area contributed by atoms with Crippen LogP contribution in [0.1, 0.15) is 24.4 Å². The Bertz CT molecular complexity index is 583. The molecule has 114 valence electrons. The summed E-state index contributed by atoms with van der Waals surface area (Å²) in [6, 6.07) is 13.5. The molecule has 2 nitrogen and oxygen atoms in total. The van der Waals surface area contributed by atoms with Crippen LogP contribution in [0.25, 0.3) is 10.8 Å². The molecule has 2 aromatic carbocycles. The first-order chi connectivity index (χ1) is 9.96. The first kappa shape index (κ1) is 15.8. The van der Waals surface area contributed by atoms with Gasteiger partial charge in [-0.1, -0.05) is 36.4 Å². The van der Waals surface area contributed by atoms with Crippen molar-refractivity contribution in [3.63, 3.8) is 0 Å². The first-order valence-electron chi connectivity index (χ1n) is 6.84. The predicted octanol–water partition coefficient (Wildman–Crippen LogP) is 4.20. The van der Waals surface area contributed by atoms with Gasteiger partial charge in [-0.05, 0) is 28.8 Å². The molecular weight excluding hydrogens is 279 g/mol. The topological polar surface area (TPSA) is 35.2 Å². The fourth-order valence-electron chi connectivity index (χ4n) is 2.12. The summed E-state index contributed by atoms with van der Waals surface area (Å²) >= 11 is 0. The quantitative estimate of drug-likeness (QED) is 0.811. The molecule has 0 heterocycles. The normalized spacial score (nSPS) is 13.5. The van der Waals surface area contributed by atoms with Gasteiger partial charge >= 0.3 is 6.18 Å². The Labute approximate surface area is 121 Å². The van der Waals surface area contributed by atoms with E-state index < -0.39 is 12.6 Å². The van der Waals surface area contributed by atoms with E-state index in [1.165, 1.54) is 0 Å². The van der Waals surface area contributed by atoms with E-state index in [-0.39, 0.29) is 25.7 Å². The lowest BCUT2D eigenvalue weighted by atomic mass is 10.0. The smallest absolute Gasteiger partial charge is 0.379 e. The zero-order valence-electron chi connectivity index (χ0n) is 11.6. The van der Waals surface area contributed by atoms with Gasteiger partial charge in [0.25, 0.3) is 0 Å². The van der Waals surface area contributed by atoms with E-state index in [1.807, 2.05) is 42.5 Å². The lowest BCUT2D eigenvalue weighted by molar-refractivity contribution is -0.137. The summed E-state index contributed by atoms with van der Waals surface area (Å²) in [7, 11) is 0. The summed E-state index contributed by atoms with van der Waals surface area (Å²) in [6.07, 6.45) is -4.98. The molecule has 0 aliphatic rings. The minimum atomic E-state index is -4.12. The van der Waals surface area contributed by atoms with Crippen molar-refractivity contribution in [2.24, 2.45) is 5.73 Å². The molecular formula is C16H18F3NO. The van der Waals surface area contributed by atoms with Crippen LogP contribution < -0.4 is 5.73 Å². The monoisotopic (exact) mass is 297 g/mol. The molecule has 1 unspecified atom stereocenters. The fourth-order valence-corrected chi connectivity index (χ4v) is 2.12. The van der Waals surface area contributed by atoms with Crippen LogP contribution in [-0.4, -0.2) is 19.4 Å². The van der Waals surface area contributed by atoms with Crippen molar-refractivity contribution >= 4 is 10.8 Å². The molecule has 0 aliphatic carbocycles. The maximum Gasteiger partial charge on any atom is 0.389 e. The Balaban J connectivity index is 1.83. The minimum Gasteiger partial charge on any atom is -0.379 e. The fraction of sp³-hybridized carbons (Fsp3) is 0.375. The zero-order valence-corrected chi connectivity index (χ0v) is 11.6. The van der Waals surface area contributed by atoms with E-state index in [0.29, 0.717) is 0 Å². The third kappa shape index (κ3) is 5.02. The van der Waals surface area contributed by atoms with Crippen molar-refractivity contribution in [2.45, 2.75) is 25.1 Å². The van der Waals surface area contributed by atoms with Gasteiger partial charge in [0, 0.05) is 13.0 Å². The maximum atomic E-state index is 12.0. The van der Waals surface area contributed by atoms with Crippen molar-refractivity contribution in [3.8, 4) is 0 Å². The highest BCUT2D eigenvalue weighted by Crippen LogP contribution is 2.22. The summed E-state index contributed by atoms with van der Waals surface area (Å²) in [5.74, 6) is 0. The number of rotatable bonds is 6. The van der Waals surface area contributed by atoms with E-state index in [9.17, 15) is 13.2 Å². The summed E-state index contributed by atoms with van der Waals surface area (Å²) < 4.78 is 41.2. The van der Waals surface area contributed by atoms with Crippen LogP contribution >= 0.6 is 0 Å². The Morgan fingerprint density at radius 1 is 1.05 bits per heavy atom. The Morgan fingerprint density at radius 3 is 2.48 bits per heavy atom. The highest BCUT2D eigenvalue weighted by Gasteiger charge is 2.25. The van der Waals surface area contributed by atoms with Crippen LogP contribution in [0.4, 0.5) is 13.2 Å². The Kier molecular flexibility index (Phi) is 5.20. The van der Waals surface area contributed by atoms with Gasteiger partial charge in [0.2, 0.25) is 0 Å². The van der Waals surface area contributed by atoms with Crippen molar-refractivity contribution in [1.29, 1.82) is 0 Å². The first-order valence-corrected chi connectivity index (χ1v) is 6.84. The Morgan fingerprint density at radius 2 is 1.76 bits per heavy atom. The number of hydrogen-bond acceptors (Lipinski definition) is 2. The molecule has 1 atom stereocenters. The highest BCUT2D eigenvalue weighted by atomic mass is 19.4. The molecule has 0 aliphatic heterocycles. The molecule has 21 heavy (non-hydrogen) atoms. The van der Waals surface area contributed by atoms with Crippen LogP contribution in [0, 0.1) is 0 Å². The van der Waals surface area contributed by atoms with Crippen LogP contribution in [-0.2, 0) is 4.74 Å². The van der Waals surface area contributed by atoms with Gasteiger partial charge in [0.1, 0.15) is 0 Å². The van der Waals surface area contributed by atoms with Gasteiger partial charge in [-0.15, -0.1) is 0 Å². The molecule has 2 N–H and O–H groups in total. The molecule has 5 heteroatoms. The van der Waals surface area contributed by atoms with Crippen LogP contribution in [0.3, 0.4) is 0 Å². The van der Waals surface area contributed by atoms with E-state index in [4.69, 9.17) is 10.5 Å². The minimum absolute atomic E-state index is 0.0338. The van der Waals surface area contributed by atoms with Crippen LogP contribution in [0.2, 0.25) is 0 Å². The van der Waals surface area contributed by atoms with Gasteiger partial charge in [-0.25, -0.2) is 0 Å². The summed E-state index contributed by atoms with van der Waals surface area (Å²) in [6.45, 7) is 0.289. The van der Waals surface area contributed by atoms with Gasteiger partial charge in [0.05, 0.1) is 12.6 Å². The lowest BCUT2D eigenvalue weighted by Crippen LogP contribution is -2.18. The Hall–Kier alpha value is -1.59. The second-order valence-corrected chi connectivity index (χ2v) is 5.01. The number of nitrogens with two attached hydrogens (primary N) is 1.